The molecular weight excluding hydrogens is 370 g/mol. The van der Waals surface area contributed by atoms with E-state index in [4.69, 9.17) is 4.74 Å². The minimum Gasteiger partial charge on any atom is -0.460 e. The van der Waals surface area contributed by atoms with Crippen LogP contribution in [0.5, 0.6) is 0 Å². The number of piperidine rings is 1. The Hall–Kier alpha value is -3.29. The predicted molar refractivity (Wildman–Crippen MR) is 104 cm³/mol. The third-order valence-corrected chi connectivity index (χ3v) is 6.02. The second kappa shape index (κ2) is 6.95. The van der Waals surface area contributed by atoms with E-state index in [0.717, 1.165) is 11.0 Å². The molecule has 8 nitrogen and oxygen atoms in total. The molecule has 29 heavy (non-hydrogen) atoms. The average molecular weight is 391 g/mol. The fraction of sp³-hybridized carbons (Fsp3) is 0.381. The molecule has 2 aliphatic rings. The summed E-state index contributed by atoms with van der Waals surface area (Å²) in [5, 5.41) is 0. The maximum absolute atomic E-state index is 12.7. The summed E-state index contributed by atoms with van der Waals surface area (Å²) in [7, 11) is 0. The molecule has 0 radical (unpaired) electrons. The fourth-order valence-corrected chi connectivity index (χ4v) is 4.41. The Bertz CT molecular complexity index is 1060. The molecule has 0 N–H and O–H groups in total. The molecule has 1 spiro atoms. The zero-order valence-corrected chi connectivity index (χ0v) is 15.9. The van der Waals surface area contributed by atoms with Crippen LogP contribution in [0.15, 0.2) is 49.1 Å². The number of likely N-dealkylation sites (tertiary alicyclic amines) is 1. The molecule has 0 bridgehead atoms. The van der Waals surface area contributed by atoms with Crippen LogP contribution in [0.1, 0.15) is 29.9 Å². The molecule has 148 valence electrons. The van der Waals surface area contributed by atoms with Crippen LogP contribution < -0.4 is 0 Å². The van der Waals surface area contributed by atoms with Crippen LogP contribution in [0.3, 0.4) is 0 Å². The fourth-order valence-electron chi connectivity index (χ4n) is 4.41. The van der Waals surface area contributed by atoms with E-state index in [0.29, 0.717) is 38.9 Å². The number of benzene rings is 1. The minimum atomic E-state index is -0.505. The predicted octanol–water partition coefficient (Wildman–Crippen LogP) is 2.06. The van der Waals surface area contributed by atoms with Crippen molar-refractivity contribution in [2.75, 3.05) is 13.1 Å². The number of aromatic nitrogens is 4. The lowest BCUT2D eigenvalue weighted by Gasteiger charge is -2.36. The second-order valence-corrected chi connectivity index (χ2v) is 7.76. The zero-order chi connectivity index (χ0) is 19.8. The number of ether oxygens (including phenoxy) is 1. The first-order chi connectivity index (χ1) is 14.1. The van der Waals surface area contributed by atoms with Crippen molar-refractivity contribution in [3.8, 4) is 0 Å². The molecule has 1 aromatic carbocycles. The summed E-state index contributed by atoms with van der Waals surface area (Å²) in [5.74, 6) is -0.134. The molecule has 1 atom stereocenters. The van der Waals surface area contributed by atoms with E-state index in [2.05, 4.69) is 15.0 Å². The highest BCUT2D eigenvalue weighted by atomic mass is 16.6. The minimum absolute atomic E-state index is 0.144. The number of hydrogen-bond donors (Lipinski definition) is 0. The Morgan fingerprint density at radius 2 is 1.86 bits per heavy atom. The van der Waals surface area contributed by atoms with Crippen molar-refractivity contribution in [3.63, 3.8) is 0 Å². The molecule has 0 saturated carbocycles. The maximum atomic E-state index is 12.7. The highest BCUT2D eigenvalue weighted by Crippen LogP contribution is 2.43. The first-order valence-corrected chi connectivity index (χ1v) is 9.82. The van der Waals surface area contributed by atoms with Gasteiger partial charge in [-0.3, -0.25) is 9.59 Å². The van der Waals surface area contributed by atoms with Gasteiger partial charge in [0.15, 0.2) is 0 Å². The number of rotatable bonds is 3. The molecule has 3 aromatic rings. The van der Waals surface area contributed by atoms with Crippen molar-refractivity contribution in [1.29, 1.82) is 0 Å². The van der Waals surface area contributed by atoms with Crippen LogP contribution >= 0.6 is 0 Å². The largest absolute Gasteiger partial charge is 0.460 e. The molecular formula is C21H21N5O3. The van der Waals surface area contributed by atoms with Crippen LogP contribution in [-0.4, -0.2) is 55.5 Å². The van der Waals surface area contributed by atoms with Crippen molar-refractivity contribution in [2.24, 2.45) is 5.41 Å². The normalized spacial score (nSPS) is 20.9. The Morgan fingerprint density at radius 1 is 1.10 bits per heavy atom. The van der Waals surface area contributed by atoms with Crippen molar-refractivity contribution in [3.05, 3.63) is 54.9 Å². The number of hydrogen-bond acceptors (Lipinski definition) is 6. The van der Waals surface area contributed by atoms with Crippen molar-refractivity contribution in [1.82, 2.24) is 24.4 Å². The van der Waals surface area contributed by atoms with Crippen LogP contribution in [0.4, 0.5) is 0 Å². The Labute approximate surface area is 167 Å². The van der Waals surface area contributed by atoms with Gasteiger partial charge in [-0.2, -0.15) is 0 Å². The first-order valence-electron chi connectivity index (χ1n) is 9.82. The molecule has 5 rings (SSSR count). The lowest BCUT2D eigenvalue weighted by atomic mass is 9.76. The van der Waals surface area contributed by atoms with Gasteiger partial charge in [-0.05, 0) is 31.0 Å². The number of imidazole rings is 1. The average Bonchev–Trinajstić information content (AvgIpc) is 3.30. The molecule has 2 aliphatic heterocycles. The van der Waals surface area contributed by atoms with Crippen molar-refractivity contribution in [2.45, 2.75) is 31.9 Å². The molecule has 2 saturated heterocycles. The van der Waals surface area contributed by atoms with Crippen molar-refractivity contribution < 1.29 is 14.3 Å². The Morgan fingerprint density at radius 3 is 2.66 bits per heavy atom. The van der Waals surface area contributed by atoms with Crippen LogP contribution in [0.25, 0.3) is 11.0 Å². The highest BCUT2D eigenvalue weighted by Gasteiger charge is 2.51. The summed E-state index contributed by atoms with van der Waals surface area (Å²) in [6.45, 7) is 1.61. The van der Waals surface area contributed by atoms with Crippen LogP contribution in [0.2, 0.25) is 0 Å². The van der Waals surface area contributed by atoms with Gasteiger partial charge in [-0.25, -0.2) is 15.0 Å². The Balaban J connectivity index is 1.25. The van der Waals surface area contributed by atoms with E-state index in [1.807, 2.05) is 28.8 Å². The molecule has 2 aromatic heterocycles. The number of amides is 1. The number of nitrogens with zero attached hydrogens (tertiary/aromatic N) is 5. The number of para-hydroxylation sites is 2. The molecule has 1 amide bonds. The summed E-state index contributed by atoms with van der Waals surface area (Å²) in [6, 6.07) is 9.60. The monoisotopic (exact) mass is 391 g/mol. The van der Waals surface area contributed by atoms with Gasteiger partial charge in [0, 0.05) is 31.9 Å². The lowest BCUT2D eigenvalue weighted by molar-refractivity contribution is -0.150. The zero-order valence-electron chi connectivity index (χ0n) is 15.9. The molecule has 2 fully saturated rings. The first kappa shape index (κ1) is 17.8. The number of carbonyl (C=O) groups is 2. The van der Waals surface area contributed by atoms with E-state index < -0.39 is 5.41 Å². The van der Waals surface area contributed by atoms with Gasteiger partial charge in [-0.1, -0.05) is 12.1 Å². The topological polar surface area (TPSA) is 90.2 Å². The Kier molecular flexibility index (Phi) is 4.26. The molecule has 8 heteroatoms. The maximum Gasteiger partial charge on any atom is 0.312 e. The van der Waals surface area contributed by atoms with E-state index >= 15 is 0 Å². The summed E-state index contributed by atoms with van der Waals surface area (Å²) < 4.78 is 7.78. The number of carbonyl (C=O) groups excluding carboxylic acids is 2. The summed E-state index contributed by atoms with van der Waals surface area (Å²) in [6.07, 6.45) is 6.61. The number of fused-ring (bicyclic) bond motifs is 1. The van der Waals surface area contributed by atoms with Gasteiger partial charge in [0.2, 0.25) is 5.82 Å². The molecule has 1 unspecified atom stereocenters. The summed E-state index contributed by atoms with van der Waals surface area (Å²) in [5.41, 5.74) is 1.46. The van der Waals surface area contributed by atoms with E-state index in [1.165, 1.54) is 0 Å². The molecule has 4 heterocycles. The number of esters is 1. The van der Waals surface area contributed by atoms with E-state index in [1.54, 1.807) is 29.7 Å². The summed E-state index contributed by atoms with van der Waals surface area (Å²) >= 11 is 0. The third kappa shape index (κ3) is 3.14. The van der Waals surface area contributed by atoms with Gasteiger partial charge >= 0.3 is 5.97 Å². The third-order valence-electron chi connectivity index (χ3n) is 6.02. The van der Waals surface area contributed by atoms with Crippen LogP contribution in [-0.2, 0) is 16.1 Å². The van der Waals surface area contributed by atoms with Gasteiger partial charge in [0.25, 0.3) is 5.91 Å². The standard InChI is InChI=1S/C21H21N5O3/c27-19(18-22-8-3-9-23-18)25-10-6-21(7-11-25)12-15(29-20(21)28)13-26-14-24-16-4-1-2-5-17(16)26/h1-5,8-9,14-15H,6-7,10-13H2. The van der Waals surface area contributed by atoms with Gasteiger partial charge < -0.3 is 14.2 Å². The lowest BCUT2D eigenvalue weighted by Crippen LogP contribution is -2.45. The van der Waals surface area contributed by atoms with Gasteiger partial charge in [-0.15, -0.1) is 0 Å². The highest BCUT2D eigenvalue weighted by molar-refractivity contribution is 5.90. The SMILES string of the molecule is O=C(c1ncccn1)N1CCC2(CC1)CC(Cn1cnc3ccccc31)OC2=O. The second-order valence-electron chi connectivity index (χ2n) is 7.76. The summed E-state index contributed by atoms with van der Waals surface area (Å²) in [4.78, 5) is 39.5. The van der Waals surface area contributed by atoms with E-state index in [9.17, 15) is 9.59 Å². The molecule has 0 aliphatic carbocycles. The van der Waals surface area contributed by atoms with Crippen molar-refractivity contribution >= 4 is 22.9 Å². The van der Waals surface area contributed by atoms with Gasteiger partial charge in [0.05, 0.1) is 29.3 Å². The van der Waals surface area contributed by atoms with E-state index in [-0.39, 0.29) is 23.8 Å². The van der Waals surface area contributed by atoms with Crippen LogP contribution in [0, 0.1) is 5.41 Å². The van der Waals surface area contributed by atoms with Gasteiger partial charge in [0.1, 0.15) is 6.10 Å². The number of cyclic esters (lactones) is 1. The smallest absolute Gasteiger partial charge is 0.312 e. The quantitative estimate of drug-likeness (QED) is 0.635.